The van der Waals surface area contributed by atoms with Gasteiger partial charge in [0.05, 0.1) is 0 Å². The quantitative estimate of drug-likeness (QED) is 0.796. The molecule has 3 nitrogen and oxygen atoms in total. The molecule has 1 heterocycles. The molecule has 3 heteroatoms. The minimum absolute atomic E-state index is 0.478. The second-order valence-corrected chi connectivity index (χ2v) is 4.52. The molecule has 1 atom stereocenters. The molecular formula is C11H19N3. The van der Waals surface area contributed by atoms with E-state index in [1.54, 1.807) is 0 Å². The minimum Gasteiger partial charge on any atom is -0.353 e. The molecule has 1 aromatic heterocycles. The van der Waals surface area contributed by atoms with Crippen molar-refractivity contribution in [3.8, 4) is 0 Å². The van der Waals surface area contributed by atoms with E-state index in [9.17, 15) is 0 Å². The maximum Gasteiger partial charge on any atom is 0.203 e. The van der Waals surface area contributed by atoms with E-state index in [-0.39, 0.29) is 0 Å². The van der Waals surface area contributed by atoms with Crippen molar-refractivity contribution in [3.05, 3.63) is 12.4 Å². The van der Waals surface area contributed by atoms with E-state index >= 15 is 0 Å². The summed E-state index contributed by atoms with van der Waals surface area (Å²) >= 11 is 0. The molecule has 1 aliphatic rings. The molecule has 0 saturated heterocycles. The van der Waals surface area contributed by atoms with E-state index in [2.05, 4.69) is 35.6 Å². The second-order valence-electron chi connectivity index (χ2n) is 4.52. The monoisotopic (exact) mass is 193 g/mol. The molecule has 1 fully saturated rings. The lowest BCUT2D eigenvalue weighted by Crippen LogP contribution is -2.20. The van der Waals surface area contributed by atoms with E-state index in [1.807, 2.05) is 12.4 Å². The Morgan fingerprint density at radius 2 is 2.14 bits per heavy atom. The fourth-order valence-corrected chi connectivity index (χ4v) is 1.76. The van der Waals surface area contributed by atoms with Crippen LogP contribution in [0.5, 0.6) is 0 Å². The molecule has 14 heavy (non-hydrogen) atoms. The first-order chi connectivity index (χ1) is 6.68. The standard InChI is InChI=1S/C11H19N3/c1-8(2)14-7-6-12-11(14)13-9(3)10-4-5-10/h6-10H,4-5H2,1-3H3,(H,12,13). The highest BCUT2D eigenvalue weighted by atomic mass is 15.2. The zero-order valence-electron chi connectivity index (χ0n) is 9.20. The van der Waals surface area contributed by atoms with Gasteiger partial charge in [-0.15, -0.1) is 0 Å². The molecule has 78 valence electrons. The number of aromatic nitrogens is 2. The van der Waals surface area contributed by atoms with Gasteiger partial charge in [0.2, 0.25) is 5.95 Å². The molecule has 0 bridgehead atoms. The minimum atomic E-state index is 0.478. The number of hydrogen-bond acceptors (Lipinski definition) is 2. The van der Waals surface area contributed by atoms with Crippen molar-refractivity contribution in [1.29, 1.82) is 0 Å². The van der Waals surface area contributed by atoms with E-state index in [1.165, 1.54) is 12.8 Å². The third kappa shape index (κ3) is 1.91. The predicted octanol–water partition coefficient (Wildman–Crippen LogP) is 2.67. The summed E-state index contributed by atoms with van der Waals surface area (Å²) in [6.45, 7) is 6.60. The fourth-order valence-electron chi connectivity index (χ4n) is 1.76. The summed E-state index contributed by atoms with van der Waals surface area (Å²) in [4.78, 5) is 4.34. The van der Waals surface area contributed by atoms with Gasteiger partial charge in [0.25, 0.3) is 0 Å². The van der Waals surface area contributed by atoms with Gasteiger partial charge in [-0.1, -0.05) is 0 Å². The van der Waals surface area contributed by atoms with Gasteiger partial charge in [-0.2, -0.15) is 0 Å². The summed E-state index contributed by atoms with van der Waals surface area (Å²) in [5.74, 6) is 1.88. The van der Waals surface area contributed by atoms with Crippen LogP contribution in [0.1, 0.15) is 39.7 Å². The Balaban J connectivity index is 2.03. The lowest BCUT2D eigenvalue weighted by molar-refractivity contribution is 0.591. The van der Waals surface area contributed by atoms with Gasteiger partial charge in [-0.05, 0) is 39.5 Å². The first kappa shape index (κ1) is 9.56. The van der Waals surface area contributed by atoms with Gasteiger partial charge < -0.3 is 9.88 Å². The van der Waals surface area contributed by atoms with Crippen molar-refractivity contribution in [3.63, 3.8) is 0 Å². The van der Waals surface area contributed by atoms with Crippen molar-refractivity contribution < 1.29 is 0 Å². The van der Waals surface area contributed by atoms with E-state index < -0.39 is 0 Å². The Morgan fingerprint density at radius 1 is 1.43 bits per heavy atom. The Labute approximate surface area is 85.5 Å². The van der Waals surface area contributed by atoms with Gasteiger partial charge in [0.1, 0.15) is 0 Å². The smallest absolute Gasteiger partial charge is 0.203 e. The van der Waals surface area contributed by atoms with Crippen LogP contribution in [0.2, 0.25) is 0 Å². The first-order valence-electron chi connectivity index (χ1n) is 5.48. The molecule has 0 amide bonds. The first-order valence-corrected chi connectivity index (χ1v) is 5.48. The highest BCUT2D eigenvalue weighted by Crippen LogP contribution is 2.33. The molecule has 0 aliphatic heterocycles. The van der Waals surface area contributed by atoms with Crippen molar-refractivity contribution in [2.24, 2.45) is 5.92 Å². The summed E-state index contributed by atoms with van der Waals surface area (Å²) in [7, 11) is 0. The Bertz CT molecular complexity index is 299. The van der Waals surface area contributed by atoms with Crippen LogP contribution in [0.3, 0.4) is 0 Å². The van der Waals surface area contributed by atoms with Crippen LogP contribution in [0.15, 0.2) is 12.4 Å². The molecule has 1 N–H and O–H groups in total. The maximum absolute atomic E-state index is 4.34. The lowest BCUT2D eigenvalue weighted by Gasteiger charge is -2.17. The normalized spacial score (nSPS) is 18.6. The SMILES string of the molecule is CC(Nc1nccn1C(C)C)C1CC1. The van der Waals surface area contributed by atoms with Crippen molar-refractivity contribution in [2.75, 3.05) is 5.32 Å². The van der Waals surface area contributed by atoms with Crippen molar-refractivity contribution >= 4 is 5.95 Å². The Kier molecular flexibility index (Phi) is 2.48. The molecule has 1 aromatic rings. The summed E-state index contributed by atoms with van der Waals surface area (Å²) in [6, 6.07) is 1.04. The molecule has 0 radical (unpaired) electrons. The number of imidazole rings is 1. The predicted molar refractivity (Wildman–Crippen MR) is 58.4 cm³/mol. The maximum atomic E-state index is 4.34. The average molecular weight is 193 g/mol. The lowest BCUT2D eigenvalue weighted by atomic mass is 10.2. The zero-order valence-corrected chi connectivity index (χ0v) is 9.20. The summed E-state index contributed by atoms with van der Waals surface area (Å²) in [6.07, 6.45) is 6.64. The summed E-state index contributed by atoms with van der Waals surface area (Å²) in [5, 5.41) is 3.49. The third-order valence-corrected chi connectivity index (χ3v) is 2.91. The Morgan fingerprint density at radius 3 is 2.71 bits per heavy atom. The number of rotatable bonds is 4. The second kappa shape index (κ2) is 3.64. The topological polar surface area (TPSA) is 29.9 Å². The third-order valence-electron chi connectivity index (χ3n) is 2.91. The van der Waals surface area contributed by atoms with Gasteiger partial charge >= 0.3 is 0 Å². The van der Waals surface area contributed by atoms with Crippen LogP contribution in [0, 0.1) is 5.92 Å². The number of nitrogens with zero attached hydrogens (tertiary/aromatic N) is 2. The fraction of sp³-hybridized carbons (Fsp3) is 0.727. The van der Waals surface area contributed by atoms with Crippen LogP contribution in [-0.2, 0) is 0 Å². The van der Waals surface area contributed by atoms with Gasteiger partial charge in [-0.25, -0.2) is 4.98 Å². The van der Waals surface area contributed by atoms with Crippen LogP contribution < -0.4 is 5.32 Å². The van der Waals surface area contributed by atoms with Crippen molar-refractivity contribution in [2.45, 2.75) is 45.7 Å². The van der Waals surface area contributed by atoms with Crippen molar-refractivity contribution in [1.82, 2.24) is 9.55 Å². The van der Waals surface area contributed by atoms with Crippen LogP contribution in [0.25, 0.3) is 0 Å². The molecule has 1 saturated carbocycles. The van der Waals surface area contributed by atoms with E-state index in [0.717, 1.165) is 11.9 Å². The number of nitrogens with one attached hydrogen (secondary N) is 1. The van der Waals surface area contributed by atoms with E-state index in [0.29, 0.717) is 12.1 Å². The van der Waals surface area contributed by atoms with Crippen LogP contribution >= 0.6 is 0 Å². The van der Waals surface area contributed by atoms with Crippen LogP contribution in [-0.4, -0.2) is 15.6 Å². The van der Waals surface area contributed by atoms with Gasteiger partial charge in [0.15, 0.2) is 0 Å². The molecule has 0 aromatic carbocycles. The summed E-state index contributed by atoms with van der Waals surface area (Å²) in [5.41, 5.74) is 0. The number of anilines is 1. The van der Waals surface area contributed by atoms with Crippen LogP contribution in [0.4, 0.5) is 5.95 Å². The van der Waals surface area contributed by atoms with Gasteiger partial charge in [0, 0.05) is 24.5 Å². The number of hydrogen-bond donors (Lipinski definition) is 1. The zero-order chi connectivity index (χ0) is 10.1. The molecule has 1 unspecified atom stereocenters. The molecule has 2 rings (SSSR count). The van der Waals surface area contributed by atoms with Gasteiger partial charge in [-0.3, -0.25) is 0 Å². The average Bonchev–Trinajstić information content (AvgIpc) is 2.87. The highest BCUT2D eigenvalue weighted by Gasteiger charge is 2.28. The Hall–Kier alpha value is -0.990. The molecule has 0 spiro atoms. The molecular weight excluding hydrogens is 174 g/mol. The highest BCUT2D eigenvalue weighted by molar-refractivity contribution is 5.28. The molecule has 1 aliphatic carbocycles. The summed E-state index contributed by atoms with van der Waals surface area (Å²) < 4.78 is 2.18. The van der Waals surface area contributed by atoms with E-state index in [4.69, 9.17) is 0 Å². The largest absolute Gasteiger partial charge is 0.353 e.